The van der Waals surface area contributed by atoms with Gasteiger partial charge in [0.25, 0.3) is 0 Å². The molecule has 4 nitrogen and oxygen atoms in total. The second-order valence-corrected chi connectivity index (χ2v) is 7.53. The number of carbonyl (C=O) groups excluding carboxylic acids is 1. The molecule has 4 heteroatoms. The van der Waals surface area contributed by atoms with Crippen LogP contribution in [0.25, 0.3) is 0 Å². The number of benzene rings is 3. The van der Waals surface area contributed by atoms with Gasteiger partial charge < -0.3 is 9.90 Å². The molecule has 0 aromatic heterocycles. The fourth-order valence-corrected chi connectivity index (χ4v) is 3.87. The normalized spacial score (nSPS) is 13.0. The Morgan fingerprint density at radius 1 is 0.767 bits per heavy atom. The molecule has 30 heavy (non-hydrogen) atoms. The molecule has 0 spiro atoms. The summed E-state index contributed by atoms with van der Waals surface area (Å²) in [7, 11) is 0. The Morgan fingerprint density at radius 3 is 1.60 bits per heavy atom. The molecule has 0 saturated heterocycles. The Labute approximate surface area is 177 Å². The molecule has 0 aliphatic rings. The average molecular weight is 402 g/mol. The molecule has 0 radical (unpaired) electrons. The van der Waals surface area contributed by atoms with Crippen molar-refractivity contribution < 1.29 is 14.7 Å². The highest BCUT2D eigenvalue weighted by atomic mass is 16.4. The summed E-state index contributed by atoms with van der Waals surface area (Å²) < 4.78 is 0. The van der Waals surface area contributed by atoms with E-state index in [0.29, 0.717) is 19.5 Å². The lowest BCUT2D eigenvalue weighted by Gasteiger charge is -2.41. The van der Waals surface area contributed by atoms with Crippen molar-refractivity contribution in [2.24, 2.45) is 0 Å². The van der Waals surface area contributed by atoms with Crippen molar-refractivity contribution in [3.8, 4) is 0 Å². The molecule has 3 aromatic carbocycles. The van der Waals surface area contributed by atoms with Crippen LogP contribution >= 0.6 is 0 Å². The van der Waals surface area contributed by atoms with E-state index >= 15 is 0 Å². The highest BCUT2D eigenvalue weighted by Gasteiger charge is 2.44. The third-order valence-electron chi connectivity index (χ3n) is 5.45. The maximum Gasteiger partial charge on any atom is 0.324 e. The molecule has 3 rings (SSSR count). The molecule has 1 atom stereocenters. The van der Waals surface area contributed by atoms with Gasteiger partial charge >= 0.3 is 5.97 Å². The molecule has 1 N–H and O–H groups in total. The van der Waals surface area contributed by atoms with Crippen molar-refractivity contribution in [2.75, 3.05) is 0 Å². The molecule has 0 bridgehead atoms. The third-order valence-corrected chi connectivity index (χ3v) is 5.45. The minimum atomic E-state index is -1.20. The van der Waals surface area contributed by atoms with Crippen molar-refractivity contribution in [1.82, 2.24) is 4.90 Å². The van der Waals surface area contributed by atoms with Crippen molar-refractivity contribution >= 4 is 12.3 Å². The van der Waals surface area contributed by atoms with Gasteiger partial charge in [-0.15, -0.1) is 0 Å². The molecule has 3 aromatic rings. The molecule has 0 amide bonds. The van der Waals surface area contributed by atoms with E-state index in [1.54, 1.807) is 0 Å². The quantitative estimate of drug-likeness (QED) is 0.472. The van der Waals surface area contributed by atoms with Gasteiger partial charge in [-0.3, -0.25) is 9.69 Å². The lowest BCUT2D eigenvalue weighted by Crippen LogP contribution is -2.55. The number of carboxylic acids is 1. The fourth-order valence-electron chi connectivity index (χ4n) is 3.87. The molecule has 0 aliphatic heterocycles. The van der Waals surface area contributed by atoms with Crippen molar-refractivity contribution in [3.05, 3.63) is 108 Å². The lowest BCUT2D eigenvalue weighted by molar-refractivity contribution is -0.153. The summed E-state index contributed by atoms with van der Waals surface area (Å²) >= 11 is 0. The minimum Gasteiger partial charge on any atom is -0.480 e. The van der Waals surface area contributed by atoms with E-state index in [0.717, 1.165) is 23.0 Å². The van der Waals surface area contributed by atoms with Gasteiger partial charge in [-0.05, 0) is 23.1 Å². The predicted molar refractivity (Wildman–Crippen MR) is 118 cm³/mol. The zero-order valence-electron chi connectivity index (χ0n) is 17.0. The Balaban J connectivity index is 2.05. The zero-order chi connectivity index (χ0) is 21.2. The van der Waals surface area contributed by atoms with Crippen LogP contribution in [0.3, 0.4) is 0 Å². The smallest absolute Gasteiger partial charge is 0.324 e. The number of hydrogen-bond donors (Lipinski definition) is 1. The Bertz CT molecular complexity index is 887. The maximum atomic E-state index is 12.8. The van der Waals surface area contributed by atoms with Gasteiger partial charge in [0.15, 0.2) is 0 Å². The summed E-state index contributed by atoms with van der Waals surface area (Å²) in [5.74, 6) is -0.903. The first-order valence-electron chi connectivity index (χ1n) is 10.2. The van der Waals surface area contributed by atoms with Crippen LogP contribution in [0.1, 0.15) is 29.5 Å². The van der Waals surface area contributed by atoms with Crippen LogP contribution in [0.15, 0.2) is 91.0 Å². The first-order chi connectivity index (χ1) is 14.6. The van der Waals surface area contributed by atoms with E-state index < -0.39 is 11.5 Å². The molecule has 0 aliphatic carbocycles. The second-order valence-electron chi connectivity index (χ2n) is 7.53. The van der Waals surface area contributed by atoms with E-state index in [1.807, 2.05) is 95.9 Å². The summed E-state index contributed by atoms with van der Waals surface area (Å²) in [4.78, 5) is 26.1. The monoisotopic (exact) mass is 401 g/mol. The topological polar surface area (TPSA) is 57.6 Å². The molecule has 0 unspecified atom stereocenters. The number of carboxylic acid groups (broad SMARTS) is 1. The lowest BCUT2D eigenvalue weighted by atomic mass is 9.83. The van der Waals surface area contributed by atoms with Crippen LogP contribution in [0.2, 0.25) is 0 Å². The number of hydrogen-bond acceptors (Lipinski definition) is 3. The third kappa shape index (κ3) is 5.43. The number of rotatable bonds is 11. The summed E-state index contributed by atoms with van der Waals surface area (Å²) in [5.41, 5.74) is 1.82. The van der Waals surface area contributed by atoms with Crippen LogP contribution in [-0.4, -0.2) is 27.8 Å². The average Bonchev–Trinajstić information content (AvgIpc) is 2.78. The van der Waals surface area contributed by atoms with Crippen LogP contribution in [0, 0.1) is 0 Å². The van der Waals surface area contributed by atoms with E-state index in [1.165, 1.54) is 0 Å². The molecule has 0 fully saturated rings. The second kappa shape index (κ2) is 10.5. The molecular weight excluding hydrogens is 374 g/mol. The highest BCUT2D eigenvalue weighted by Crippen LogP contribution is 2.31. The van der Waals surface area contributed by atoms with Crippen LogP contribution in [-0.2, 0) is 29.1 Å². The summed E-state index contributed by atoms with van der Waals surface area (Å²) in [5, 5.41) is 10.5. The number of aliphatic carboxylic acids is 1. The largest absolute Gasteiger partial charge is 0.480 e. The van der Waals surface area contributed by atoms with Crippen LogP contribution in [0.5, 0.6) is 0 Å². The fraction of sp³-hybridized carbons (Fsp3) is 0.231. The van der Waals surface area contributed by atoms with Crippen molar-refractivity contribution in [1.29, 1.82) is 0 Å². The summed E-state index contributed by atoms with van der Waals surface area (Å²) in [6, 6.07) is 29.4. The van der Waals surface area contributed by atoms with Crippen molar-refractivity contribution in [3.63, 3.8) is 0 Å². The Kier molecular flexibility index (Phi) is 7.52. The molecule has 0 saturated carbocycles. The number of carbonyl (C=O) groups is 2. The number of nitrogens with zero attached hydrogens (tertiary/aromatic N) is 1. The standard InChI is InChI=1S/C26H27NO3/c28-18-10-17-26(25(29)30,19-22-11-4-1-5-12-22)27(20-23-13-6-2-7-14-23)21-24-15-8-3-9-16-24/h1-9,11-16,18H,10,17,19-21H2,(H,29,30)/t26-/m0/s1. The van der Waals surface area contributed by atoms with E-state index in [-0.39, 0.29) is 12.8 Å². The van der Waals surface area contributed by atoms with E-state index in [9.17, 15) is 14.7 Å². The van der Waals surface area contributed by atoms with E-state index in [2.05, 4.69) is 0 Å². The van der Waals surface area contributed by atoms with E-state index in [4.69, 9.17) is 0 Å². The van der Waals surface area contributed by atoms with Gasteiger partial charge in [0, 0.05) is 25.9 Å². The van der Waals surface area contributed by atoms with Crippen LogP contribution in [0.4, 0.5) is 0 Å². The molecular formula is C26H27NO3. The van der Waals surface area contributed by atoms with Gasteiger partial charge in [-0.2, -0.15) is 0 Å². The SMILES string of the molecule is O=CCC[C@](Cc1ccccc1)(C(=O)O)N(Cc1ccccc1)Cc1ccccc1. The minimum absolute atomic E-state index is 0.194. The van der Waals surface area contributed by atoms with Gasteiger partial charge in [-0.1, -0.05) is 91.0 Å². The highest BCUT2D eigenvalue weighted by molar-refractivity contribution is 5.80. The first-order valence-corrected chi connectivity index (χ1v) is 10.2. The zero-order valence-corrected chi connectivity index (χ0v) is 17.0. The molecule has 0 heterocycles. The summed E-state index contributed by atoms with van der Waals surface area (Å²) in [6.45, 7) is 0.960. The first kappa shape index (κ1) is 21.5. The predicted octanol–water partition coefficient (Wildman–Crippen LogP) is 4.73. The van der Waals surface area contributed by atoms with Gasteiger partial charge in [0.2, 0.25) is 0 Å². The maximum absolute atomic E-state index is 12.8. The molecule has 154 valence electrons. The van der Waals surface area contributed by atoms with Gasteiger partial charge in [0.05, 0.1) is 0 Å². The van der Waals surface area contributed by atoms with Gasteiger partial charge in [0.1, 0.15) is 11.8 Å². The van der Waals surface area contributed by atoms with Gasteiger partial charge in [-0.25, -0.2) is 0 Å². The summed E-state index contributed by atoms with van der Waals surface area (Å²) in [6.07, 6.45) is 1.59. The Hall–Kier alpha value is -3.24. The Morgan fingerprint density at radius 2 is 1.20 bits per heavy atom. The van der Waals surface area contributed by atoms with Crippen LogP contribution < -0.4 is 0 Å². The number of aldehydes is 1. The van der Waals surface area contributed by atoms with Crippen molar-refractivity contribution in [2.45, 2.75) is 37.9 Å².